The summed E-state index contributed by atoms with van der Waals surface area (Å²) >= 11 is 0. The van der Waals surface area contributed by atoms with E-state index in [2.05, 4.69) is 33.0 Å². The second-order valence-electron chi connectivity index (χ2n) is 7.81. The van der Waals surface area contributed by atoms with Crippen molar-refractivity contribution in [1.82, 2.24) is 10.4 Å². The highest BCUT2D eigenvalue weighted by molar-refractivity contribution is 5.73. The summed E-state index contributed by atoms with van der Waals surface area (Å²) in [6, 6.07) is 0.152. The number of carbonyl (C=O) groups is 1. The standard InChI is InChI=1S/C15H30N2O3/c1-11(18)16-12-8-13(2,3)17(14(4,5)9-12)20-10-15(6,7)19/h12,19H,8-10H2,1-7H3,(H,16,18). The van der Waals surface area contributed by atoms with Crippen molar-refractivity contribution < 1.29 is 14.7 Å². The molecule has 1 aliphatic rings. The second-order valence-corrected chi connectivity index (χ2v) is 7.81. The van der Waals surface area contributed by atoms with Crippen LogP contribution in [0.5, 0.6) is 0 Å². The highest BCUT2D eigenvalue weighted by Gasteiger charge is 2.47. The van der Waals surface area contributed by atoms with Crippen molar-refractivity contribution >= 4 is 5.91 Å². The summed E-state index contributed by atoms with van der Waals surface area (Å²) in [6.07, 6.45) is 1.64. The molecule has 20 heavy (non-hydrogen) atoms. The number of aliphatic hydroxyl groups is 1. The average Bonchev–Trinajstić information content (AvgIpc) is 2.09. The molecule has 0 aromatic heterocycles. The first kappa shape index (κ1) is 17.4. The Balaban J connectivity index is 2.83. The van der Waals surface area contributed by atoms with Crippen molar-refractivity contribution in [3.05, 3.63) is 0 Å². The number of piperidine rings is 1. The van der Waals surface area contributed by atoms with Crippen LogP contribution >= 0.6 is 0 Å². The van der Waals surface area contributed by atoms with Gasteiger partial charge in [0.1, 0.15) is 0 Å². The molecule has 1 rings (SSSR count). The Labute approximate surface area is 122 Å². The maximum absolute atomic E-state index is 11.3. The van der Waals surface area contributed by atoms with Gasteiger partial charge < -0.3 is 10.4 Å². The Morgan fingerprint density at radius 2 is 1.75 bits per heavy atom. The number of hydrogen-bond donors (Lipinski definition) is 2. The lowest BCUT2D eigenvalue weighted by molar-refractivity contribution is -0.299. The van der Waals surface area contributed by atoms with Crippen molar-refractivity contribution in [2.45, 2.75) is 84.0 Å². The Morgan fingerprint density at radius 3 is 2.10 bits per heavy atom. The van der Waals surface area contributed by atoms with Crippen LogP contribution in [0.3, 0.4) is 0 Å². The average molecular weight is 286 g/mol. The van der Waals surface area contributed by atoms with E-state index in [4.69, 9.17) is 4.84 Å². The van der Waals surface area contributed by atoms with Crippen LogP contribution in [0.2, 0.25) is 0 Å². The summed E-state index contributed by atoms with van der Waals surface area (Å²) in [5, 5.41) is 14.8. The molecule has 0 bridgehead atoms. The lowest BCUT2D eigenvalue weighted by atomic mass is 9.79. The first-order valence-electron chi connectivity index (χ1n) is 7.26. The quantitative estimate of drug-likeness (QED) is 0.828. The Morgan fingerprint density at radius 1 is 1.30 bits per heavy atom. The largest absolute Gasteiger partial charge is 0.388 e. The van der Waals surface area contributed by atoms with E-state index in [9.17, 15) is 9.90 Å². The minimum absolute atomic E-state index is 0.00691. The van der Waals surface area contributed by atoms with E-state index in [1.165, 1.54) is 0 Å². The molecule has 5 heteroatoms. The fourth-order valence-corrected chi connectivity index (χ4v) is 3.22. The van der Waals surface area contributed by atoms with Crippen molar-refractivity contribution in [3.8, 4) is 0 Å². The predicted molar refractivity (Wildman–Crippen MR) is 79.1 cm³/mol. The first-order valence-corrected chi connectivity index (χ1v) is 7.26. The molecule has 1 saturated heterocycles. The summed E-state index contributed by atoms with van der Waals surface area (Å²) in [5.41, 5.74) is -1.28. The molecule has 0 aliphatic carbocycles. The maximum Gasteiger partial charge on any atom is 0.217 e. The number of nitrogens with one attached hydrogen (secondary N) is 1. The molecule has 0 atom stereocenters. The fourth-order valence-electron chi connectivity index (χ4n) is 3.22. The van der Waals surface area contributed by atoms with Crippen LogP contribution in [0, 0.1) is 0 Å². The molecule has 0 aromatic carbocycles. The first-order chi connectivity index (χ1) is 8.83. The summed E-state index contributed by atoms with van der Waals surface area (Å²) in [7, 11) is 0. The zero-order chi connectivity index (χ0) is 15.8. The van der Waals surface area contributed by atoms with Crippen LogP contribution in [0.4, 0.5) is 0 Å². The van der Waals surface area contributed by atoms with Gasteiger partial charge in [-0.05, 0) is 54.4 Å². The summed E-state index contributed by atoms with van der Waals surface area (Å²) in [4.78, 5) is 17.2. The number of amides is 1. The maximum atomic E-state index is 11.3. The van der Waals surface area contributed by atoms with E-state index >= 15 is 0 Å². The molecule has 118 valence electrons. The summed E-state index contributed by atoms with van der Waals surface area (Å²) in [5.74, 6) is 0.00691. The van der Waals surface area contributed by atoms with Gasteiger partial charge in [-0.3, -0.25) is 9.63 Å². The van der Waals surface area contributed by atoms with Crippen molar-refractivity contribution in [2.75, 3.05) is 6.61 Å². The van der Waals surface area contributed by atoms with Crippen LogP contribution in [-0.4, -0.2) is 45.4 Å². The second kappa shape index (κ2) is 5.62. The summed E-state index contributed by atoms with van der Waals surface area (Å²) < 4.78 is 0. The molecule has 1 heterocycles. The number of carbonyl (C=O) groups excluding carboxylic acids is 1. The third kappa shape index (κ3) is 4.72. The Hall–Kier alpha value is -0.650. The van der Waals surface area contributed by atoms with E-state index in [-0.39, 0.29) is 29.6 Å². The van der Waals surface area contributed by atoms with Gasteiger partial charge in [0.15, 0.2) is 0 Å². The molecule has 0 radical (unpaired) electrons. The topological polar surface area (TPSA) is 61.8 Å². The van der Waals surface area contributed by atoms with Gasteiger partial charge in [0, 0.05) is 24.0 Å². The van der Waals surface area contributed by atoms with Gasteiger partial charge in [-0.25, -0.2) is 0 Å². The molecular formula is C15H30N2O3. The molecule has 0 aromatic rings. The minimum atomic E-state index is -0.860. The van der Waals surface area contributed by atoms with Gasteiger partial charge in [-0.15, -0.1) is 0 Å². The number of hydrogen-bond acceptors (Lipinski definition) is 4. The normalized spacial score (nSPS) is 23.6. The lowest BCUT2D eigenvalue weighted by Gasteiger charge is -2.54. The molecule has 0 saturated carbocycles. The molecule has 2 N–H and O–H groups in total. The fraction of sp³-hybridized carbons (Fsp3) is 0.933. The van der Waals surface area contributed by atoms with Gasteiger partial charge in [0.05, 0.1) is 12.2 Å². The minimum Gasteiger partial charge on any atom is -0.388 e. The van der Waals surface area contributed by atoms with Crippen LogP contribution in [-0.2, 0) is 9.63 Å². The zero-order valence-corrected chi connectivity index (χ0v) is 13.9. The van der Waals surface area contributed by atoms with Gasteiger partial charge in [-0.1, -0.05) is 0 Å². The highest BCUT2D eigenvalue weighted by atomic mass is 16.7. The van der Waals surface area contributed by atoms with Crippen LogP contribution < -0.4 is 5.32 Å². The molecule has 0 unspecified atom stereocenters. The van der Waals surface area contributed by atoms with Crippen molar-refractivity contribution in [2.24, 2.45) is 0 Å². The number of rotatable bonds is 4. The summed E-state index contributed by atoms with van der Waals surface area (Å²) in [6.45, 7) is 13.7. The van der Waals surface area contributed by atoms with Crippen molar-refractivity contribution in [3.63, 3.8) is 0 Å². The SMILES string of the molecule is CC(=O)NC1CC(C)(C)N(OCC(C)(C)O)C(C)(C)C1. The number of nitrogens with zero attached hydrogens (tertiary/aromatic N) is 1. The smallest absolute Gasteiger partial charge is 0.217 e. The van der Waals surface area contributed by atoms with Gasteiger partial charge in [0.2, 0.25) is 5.91 Å². The van der Waals surface area contributed by atoms with E-state index < -0.39 is 5.60 Å². The third-order valence-corrected chi connectivity index (χ3v) is 3.55. The Kier molecular flexibility index (Phi) is 4.89. The number of hydroxylamine groups is 2. The van der Waals surface area contributed by atoms with Gasteiger partial charge >= 0.3 is 0 Å². The zero-order valence-electron chi connectivity index (χ0n) is 13.9. The van der Waals surface area contributed by atoms with Crippen LogP contribution in [0.15, 0.2) is 0 Å². The highest BCUT2D eigenvalue weighted by Crippen LogP contribution is 2.38. The van der Waals surface area contributed by atoms with E-state index in [1.807, 2.05) is 5.06 Å². The molecular weight excluding hydrogens is 256 g/mol. The molecule has 1 amide bonds. The molecule has 5 nitrogen and oxygen atoms in total. The molecule has 1 fully saturated rings. The Bertz CT molecular complexity index is 341. The van der Waals surface area contributed by atoms with E-state index in [1.54, 1.807) is 20.8 Å². The monoisotopic (exact) mass is 286 g/mol. The molecule has 1 aliphatic heterocycles. The molecule has 0 spiro atoms. The van der Waals surface area contributed by atoms with Gasteiger partial charge in [-0.2, -0.15) is 5.06 Å². The third-order valence-electron chi connectivity index (χ3n) is 3.55. The van der Waals surface area contributed by atoms with Crippen LogP contribution in [0.1, 0.15) is 61.3 Å². The van der Waals surface area contributed by atoms with Crippen molar-refractivity contribution in [1.29, 1.82) is 0 Å². The lowest BCUT2D eigenvalue weighted by Crippen LogP contribution is -2.64. The van der Waals surface area contributed by atoms with E-state index in [0.29, 0.717) is 0 Å². The van der Waals surface area contributed by atoms with E-state index in [0.717, 1.165) is 12.8 Å². The van der Waals surface area contributed by atoms with Gasteiger partial charge in [0.25, 0.3) is 0 Å². The van der Waals surface area contributed by atoms with Crippen LogP contribution in [0.25, 0.3) is 0 Å². The predicted octanol–water partition coefficient (Wildman–Crippen LogP) is 1.85.